The highest BCUT2D eigenvalue weighted by Crippen LogP contribution is 2.22. The SMILES string of the molecule is CCN(CC)c1ccc(NC(=O)CCNC(C)=O)c(C)c1. The molecule has 0 heterocycles. The number of rotatable bonds is 7. The second-order valence-corrected chi connectivity index (χ2v) is 4.95. The van der Waals surface area contributed by atoms with Crippen molar-refractivity contribution in [1.29, 1.82) is 0 Å². The lowest BCUT2D eigenvalue weighted by Crippen LogP contribution is -2.25. The van der Waals surface area contributed by atoms with E-state index in [1.54, 1.807) is 0 Å². The van der Waals surface area contributed by atoms with Crippen LogP contribution in [0.2, 0.25) is 0 Å². The van der Waals surface area contributed by atoms with Gasteiger partial charge in [-0.25, -0.2) is 0 Å². The molecule has 0 aromatic heterocycles. The van der Waals surface area contributed by atoms with E-state index >= 15 is 0 Å². The van der Waals surface area contributed by atoms with Gasteiger partial charge in [-0.3, -0.25) is 9.59 Å². The van der Waals surface area contributed by atoms with E-state index in [2.05, 4.69) is 35.4 Å². The van der Waals surface area contributed by atoms with Gasteiger partial charge < -0.3 is 15.5 Å². The van der Waals surface area contributed by atoms with Gasteiger partial charge >= 0.3 is 0 Å². The van der Waals surface area contributed by atoms with Gasteiger partial charge in [0.25, 0.3) is 0 Å². The molecule has 2 amide bonds. The van der Waals surface area contributed by atoms with Gasteiger partial charge in [0.15, 0.2) is 0 Å². The predicted molar refractivity (Wildman–Crippen MR) is 86.7 cm³/mol. The minimum Gasteiger partial charge on any atom is -0.372 e. The maximum Gasteiger partial charge on any atom is 0.226 e. The van der Waals surface area contributed by atoms with Crippen molar-refractivity contribution < 1.29 is 9.59 Å². The van der Waals surface area contributed by atoms with Crippen LogP contribution in [0.25, 0.3) is 0 Å². The molecular formula is C16H25N3O2. The van der Waals surface area contributed by atoms with Gasteiger partial charge in [-0.15, -0.1) is 0 Å². The van der Waals surface area contributed by atoms with Gasteiger partial charge in [0, 0.05) is 44.4 Å². The molecule has 0 aliphatic carbocycles. The quantitative estimate of drug-likeness (QED) is 0.810. The molecule has 0 aliphatic rings. The van der Waals surface area contributed by atoms with Gasteiger partial charge in [-0.1, -0.05) is 0 Å². The van der Waals surface area contributed by atoms with Crippen LogP contribution in [0.1, 0.15) is 32.8 Å². The molecule has 1 aromatic rings. The van der Waals surface area contributed by atoms with E-state index < -0.39 is 0 Å². The number of nitrogens with zero attached hydrogens (tertiary/aromatic N) is 1. The third kappa shape index (κ3) is 5.45. The third-order valence-corrected chi connectivity index (χ3v) is 3.34. The first-order chi connectivity index (χ1) is 9.97. The Hall–Kier alpha value is -2.04. The maximum atomic E-state index is 11.8. The third-order valence-electron chi connectivity index (χ3n) is 3.34. The van der Waals surface area contributed by atoms with Crippen LogP contribution in [0, 0.1) is 6.92 Å². The van der Waals surface area contributed by atoms with Crippen LogP contribution in [0.5, 0.6) is 0 Å². The van der Waals surface area contributed by atoms with Crippen molar-refractivity contribution in [2.45, 2.75) is 34.1 Å². The number of carbonyl (C=O) groups excluding carboxylic acids is 2. The lowest BCUT2D eigenvalue weighted by molar-refractivity contribution is -0.119. The van der Waals surface area contributed by atoms with Crippen molar-refractivity contribution in [3.8, 4) is 0 Å². The number of amides is 2. The minimum absolute atomic E-state index is 0.0950. The summed E-state index contributed by atoms with van der Waals surface area (Å²) in [5, 5.41) is 5.49. The molecule has 0 spiro atoms. The van der Waals surface area contributed by atoms with E-state index in [1.807, 2.05) is 19.1 Å². The van der Waals surface area contributed by atoms with E-state index in [0.717, 1.165) is 30.0 Å². The Morgan fingerprint density at radius 1 is 1.19 bits per heavy atom. The Labute approximate surface area is 126 Å². The Morgan fingerprint density at radius 2 is 1.86 bits per heavy atom. The Kier molecular flexibility index (Phi) is 6.72. The molecule has 116 valence electrons. The zero-order chi connectivity index (χ0) is 15.8. The first-order valence-corrected chi connectivity index (χ1v) is 7.37. The normalized spacial score (nSPS) is 10.1. The van der Waals surface area contributed by atoms with Crippen LogP contribution in [0.3, 0.4) is 0 Å². The number of hydrogen-bond donors (Lipinski definition) is 2. The predicted octanol–water partition coefficient (Wildman–Crippen LogP) is 2.31. The van der Waals surface area contributed by atoms with Crippen LogP contribution < -0.4 is 15.5 Å². The number of anilines is 2. The summed E-state index contributed by atoms with van der Waals surface area (Å²) in [5.74, 6) is -0.218. The van der Waals surface area contributed by atoms with Crippen LogP contribution in [0.4, 0.5) is 11.4 Å². The summed E-state index contributed by atoms with van der Waals surface area (Å²) >= 11 is 0. The molecule has 5 heteroatoms. The van der Waals surface area contributed by atoms with Crippen molar-refractivity contribution >= 4 is 23.2 Å². The van der Waals surface area contributed by atoms with Gasteiger partial charge in [0.1, 0.15) is 0 Å². The highest BCUT2D eigenvalue weighted by Gasteiger charge is 2.08. The molecule has 2 N–H and O–H groups in total. The number of carbonyl (C=O) groups is 2. The van der Waals surface area contributed by atoms with E-state index in [4.69, 9.17) is 0 Å². The van der Waals surface area contributed by atoms with E-state index in [1.165, 1.54) is 6.92 Å². The number of nitrogens with one attached hydrogen (secondary N) is 2. The summed E-state index contributed by atoms with van der Waals surface area (Å²) in [6.45, 7) is 9.94. The molecule has 1 aromatic carbocycles. The van der Waals surface area contributed by atoms with Crippen LogP contribution >= 0.6 is 0 Å². The Morgan fingerprint density at radius 3 is 2.38 bits per heavy atom. The highest BCUT2D eigenvalue weighted by atomic mass is 16.2. The fraction of sp³-hybridized carbons (Fsp3) is 0.500. The lowest BCUT2D eigenvalue weighted by atomic mass is 10.1. The lowest BCUT2D eigenvalue weighted by Gasteiger charge is -2.22. The number of benzene rings is 1. The molecule has 0 bridgehead atoms. The molecular weight excluding hydrogens is 266 g/mol. The summed E-state index contributed by atoms with van der Waals surface area (Å²) in [4.78, 5) is 24.8. The van der Waals surface area contributed by atoms with Crippen LogP contribution in [0.15, 0.2) is 18.2 Å². The molecule has 0 atom stereocenters. The molecule has 0 saturated carbocycles. The zero-order valence-electron chi connectivity index (χ0n) is 13.3. The monoisotopic (exact) mass is 291 g/mol. The van der Waals surface area contributed by atoms with Gasteiger partial charge in [0.05, 0.1) is 0 Å². The Bertz CT molecular complexity index is 496. The molecule has 5 nitrogen and oxygen atoms in total. The van der Waals surface area contributed by atoms with Gasteiger partial charge in [-0.2, -0.15) is 0 Å². The molecule has 0 fully saturated rings. The van der Waals surface area contributed by atoms with Crippen molar-refractivity contribution in [2.24, 2.45) is 0 Å². The highest BCUT2D eigenvalue weighted by molar-refractivity contribution is 5.92. The average Bonchev–Trinajstić information content (AvgIpc) is 2.42. The van der Waals surface area contributed by atoms with E-state index in [0.29, 0.717) is 6.54 Å². The molecule has 0 radical (unpaired) electrons. The largest absolute Gasteiger partial charge is 0.372 e. The van der Waals surface area contributed by atoms with Gasteiger partial charge in [0.2, 0.25) is 11.8 Å². The summed E-state index contributed by atoms with van der Waals surface area (Å²) in [6, 6.07) is 6.03. The first kappa shape index (κ1) is 17.0. The van der Waals surface area contributed by atoms with Crippen LogP contribution in [-0.4, -0.2) is 31.4 Å². The van der Waals surface area contributed by atoms with E-state index in [9.17, 15) is 9.59 Å². The smallest absolute Gasteiger partial charge is 0.226 e. The standard InChI is InChI=1S/C16H25N3O2/c1-5-19(6-2)14-7-8-15(12(3)11-14)18-16(21)9-10-17-13(4)20/h7-8,11H,5-6,9-10H2,1-4H3,(H,17,20)(H,18,21). The van der Waals surface area contributed by atoms with Gasteiger partial charge in [-0.05, 0) is 44.5 Å². The van der Waals surface area contributed by atoms with Crippen molar-refractivity contribution in [3.05, 3.63) is 23.8 Å². The molecule has 0 aliphatic heterocycles. The topological polar surface area (TPSA) is 61.4 Å². The fourth-order valence-electron chi connectivity index (χ4n) is 2.14. The number of aryl methyl sites for hydroxylation is 1. The summed E-state index contributed by atoms with van der Waals surface area (Å²) in [5.41, 5.74) is 3.01. The summed E-state index contributed by atoms with van der Waals surface area (Å²) in [7, 11) is 0. The molecule has 21 heavy (non-hydrogen) atoms. The summed E-state index contributed by atoms with van der Waals surface area (Å²) in [6.07, 6.45) is 0.275. The molecule has 0 unspecified atom stereocenters. The Balaban J connectivity index is 2.64. The molecule has 0 saturated heterocycles. The number of hydrogen-bond acceptors (Lipinski definition) is 3. The van der Waals surface area contributed by atoms with Crippen molar-refractivity contribution in [1.82, 2.24) is 5.32 Å². The minimum atomic E-state index is -0.123. The first-order valence-electron chi connectivity index (χ1n) is 7.37. The zero-order valence-corrected chi connectivity index (χ0v) is 13.3. The second-order valence-electron chi connectivity index (χ2n) is 4.95. The fourth-order valence-corrected chi connectivity index (χ4v) is 2.14. The van der Waals surface area contributed by atoms with Crippen molar-refractivity contribution in [2.75, 3.05) is 29.9 Å². The summed E-state index contributed by atoms with van der Waals surface area (Å²) < 4.78 is 0. The average molecular weight is 291 g/mol. The van der Waals surface area contributed by atoms with Crippen LogP contribution in [-0.2, 0) is 9.59 Å². The maximum absolute atomic E-state index is 11.8. The van der Waals surface area contributed by atoms with Crippen molar-refractivity contribution in [3.63, 3.8) is 0 Å². The second kappa shape index (κ2) is 8.29. The molecule has 1 rings (SSSR count). The van der Waals surface area contributed by atoms with E-state index in [-0.39, 0.29) is 18.2 Å².